The van der Waals surface area contributed by atoms with Gasteiger partial charge in [-0.3, -0.25) is 4.79 Å². The summed E-state index contributed by atoms with van der Waals surface area (Å²) in [6, 6.07) is 7.49. The Morgan fingerprint density at radius 1 is 1.35 bits per heavy atom. The topological polar surface area (TPSA) is 49.4 Å². The summed E-state index contributed by atoms with van der Waals surface area (Å²) in [7, 11) is 0. The average Bonchev–Trinajstić information content (AvgIpc) is 2.76. The van der Waals surface area contributed by atoms with E-state index >= 15 is 0 Å². The maximum absolute atomic E-state index is 11.3. The lowest BCUT2D eigenvalue weighted by atomic mass is 10.2. The van der Waals surface area contributed by atoms with Crippen molar-refractivity contribution in [3.63, 3.8) is 0 Å². The normalized spacial score (nSPS) is 14.8. The van der Waals surface area contributed by atoms with Crippen LogP contribution in [0.2, 0.25) is 0 Å². The number of urea groups is 1. The van der Waals surface area contributed by atoms with Crippen LogP contribution < -0.4 is 5.32 Å². The minimum Gasteiger partial charge on any atom is -0.336 e. The van der Waals surface area contributed by atoms with Gasteiger partial charge in [0.1, 0.15) is 6.29 Å². The molecule has 1 N–H and O–H groups in total. The van der Waals surface area contributed by atoms with Gasteiger partial charge in [0.15, 0.2) is 0 Å². The first-order chi connectivity index (χ1) is 8.29. The summed E-state index contributed by atoms with van der Waals surface area (Å²) in [5.74, 6) is 0.869. The monoisotopic (exact) mass is 250 g/mol. The van der Waals surface area contributed by atoms with Crippen LogP contribution in [0.4, 0.5) is 4.79 Å². The highest BCUT2D eigenvalue weighted by Crippen LogP contribution is 2.18. The van der Waals surface area contributed by atoms with Crippen LogP contribution in [-0.4, -0.2) is 42.6 Å². The SMILES string of the molecule is O=Cc1ccc(SCCN2CCNC2=O)cc1. The van der Waals surface area contributed by atoms with Gasteiger partial charge in [0.2, 0.25) is 0 Å². The van der Waals surface area contributed by atoms with Crippen molar-refractivity contribution in [3.05, 3.63) is 29.8 Å². The van der Waals surface area contributed by atoms with Crippen molar-refractivity contribution in [2.75, 3.05) is 25.4 Å². The minimum absolute atomic E-state index is 0.0295. The number of thioether (sulfide) groups is 1. The van der Waals surface area contributed by atoms with E-state index in [0.29, 0.717) is 5.56 Å². The molecular weight excluding hydrogens is 236 g/mol. The maximum atomic E-state index is 11.3. The highest BCUT2D eigenvalue weighted by Gasteiger charge is 2.18. The van der Waals surface area contributed by atoms with Crippen molar-refractivity contribution in [2.45, 2.75) is 4.90 Å². The number of aldehydes is 1. The summed E-state index contributed by atoms with van der Waals surface area (Å²) in [6.07, 6.45) is 0.836. The Labute approximate surface area is 104 Å². The number of carbonyl (C=O) groups is 2. The highest BCUT2D eigenvalue weighted by atomic mass is 32.2. The zero-order valence-electron chi connectivity index (χ0n) is 9.39. The number of nitrogens with zero attached hydrogens (tertiary/aromatic N) is 1. The van der Waals surface area contributed by atoms with E-state index in [-0.39, 0.29) is 6.03 Å². The van der Waals surface area contributed by atoms with Gasteiger partial charge >= 0.3 is 6.03 Å². The fourth-order valence-electron chi connectivity index (χ4n) is 1.64. The molecule has 0 spiro atoms. The number of nitrogens with one attached hydrogen (secondary N) is 1. The van der Waals surface area contributed by atoms with Gasteiger partial charge in [0.05, 0.1) is 0 Å². The Morgan fingerprint density at radius 2 is 2.12 bits per heavy atom. The number of hydrogen-bond donors (Lipinski definition) is 1. The van der Waals surface area contributed by atoms with Crippen LogP contribution in [0, 0.1) is 0 Å². The molecule has 1 heterocycles. The second kappa shape index (κ2) is 5.72. The Hall–Kier alpha value is -1.49. The van der Waals surface area contributed by atoms with Crippen LogP contribution in [0.25, 0.3) is 0 Å². The van der Waals surface area contributed by atoms with Crippen molar-refractivity contribution < 1.29 is 9.59 Å². The van der Waals surface area contributed by atoms with E-state index in [9.17, 15) is 9.59 Å². The zero-order chi connectivity index (χ0) is 12.1. The third-order valence-corrected chi connectivity index (χ3v) is 3.58. The first-order valence-electron chi connectivity index (χ1n) is 5.50. The smallest absolute Gasteiger partial charge is 0.317 e. The number of rotatable bonds is 5. The first kappa shape index (κ1) is 12.0. The van der Waals surface area contributed by atoms with Crippen molar-refractivity contribution in [1.82, 2.24) is 10.2 Å². The molecule has 4 nitrogen and oxygen atoms in total. The van der Waals surface area contributed by atoms with E-state index in [4.69, 9.17) is 0 Å². The molecule has 1 saturated heterocycles. The van der Waals surface area contributed by atoms with E-state index in [0.717, 1.165) is 36.6 Å². The summed E-state index contributed by atoms with van der Waals surface area (Å²) in [5.41, 5.74) is 0.688. The molecule has 90 valence electrons. The van der Waals surface area contributed by atoms with Gasteiger partial charge in [-0.2, -0.15) is 0 Å². The number of hydrogen-bond acceptors (Lipinski definition) is 3. The molecule has 1 aromatic rings. The zero-order valence-corrected chi connectivity index (χ0v) is 10.2. The molecule has 0 saturated carbocycles. The fourth-order valence-corrected chi connectivity index (χ4v) is 2.52. The van der Waals surface area contributed by atoms with Crippen LogP contribution in [0.5, 0.6) is 0 Å². The van der Waals surface area contributed by atoms with Gasteiger partial charge in [-0.05, 0) is 12.1 Å². The van der Waals surface area contributed by atoms with Crippen LogP contribution in [0.15, 0.2) is 29.2 Å². The standard InChI is InChI=1S/C12H14N2O2S/c15-9-10-1-3-11(4-2-10)17-8-7-14-6-5-13-12(14)16/h1-4,9H,5-8H2,(H,13,16). The van der Waals surface area contributed by atoms with Gasteiger partial charge in [0.25, 0.3) is 0 Å². The van der Waals surface area contributed by atoms with Gasteiger partial charge in [-0.1, -0.05) is 12.1 Å². The Morgan fingerprint density at radius 3 is 2.71 bits per heavy atom. The summed E-state index contributed by atoms with van der Waals surface area (Å²) in [4.78, 5) is 24.7. The minimum atomic E-state index is 0.0295. The molecule has 0 atom stereocenters. The third kappa shape index (κ3) is 3.23. The van der Waals surface area contributed by atoms with Gasteiger partial charge < -0.3 is 10.2 Å². The molecule has 5 heteroatoms. The second-order valence-corrected chi connectivity index (χ2v) is 4.92. The van der Waals surface area contributed by atoms with Gasteiger partial charge in [-0.25, -0.2) is 4.79 Å². The predicted octanol–water partition coefficient (Wildman–Crippen LogP) is 1.62. The second-order valence-electron chi connectivity index (χ2n) is 3.75. The molecule has 1 aliphatic heterocycles. The number of amides is 2. The highest BCUT2D eigenvalue weighted by molar-refractivity contribution is 7.99. The molecule has 0 bridgehead atoms. The molecule has 17 heavy (non-hydrogen) atoms. The van der Waals surface area contributed by atoms with Crippen LogP contribution in [0.3, 0.4) is 0 Å². The van der Waals surface area contributed by atoms with E-state index in [2.05, 4.69) is 5.32 Å². The molecular formula is C12H14N2O2S. The van der Waals surface area contributed by atoms with Crippen molar-refractivity contribution in [2.24, 2.45) is 0 Å². The van der Waals surface area contributed by atoms with E-state index in [1.165, 1.54) is 0 Å². The van der Waals surface area contributed by atoms with E-state index < -0.39 is 0 Å². The maximum Gasteiger partial charge on any atom is 0.317 e. The quantitative estimate of drug-likeness (QED) is 0.638. The molecule has 0 aromatic heterocycles. The molecule has 0 radical (unpaired) electrons. The molecule has 1 aromatic carbocycles. The number of benzene rings is 1. The lowest BCUT2D eigenvalue weighted by molar-refractivity contribution is 0.112. The Bertz CT molecular complexity index is 405. The average molecular weight is 250 g/mol. The molecule has 2 rings (SSSR count). The van der Waals surface area contributed by atoms with Gasteiger partial charge in [-0.15, -0.1) is 11.8 Å². The molecule has 1 aliphatic rings. The number of carbonyl (C=O) groups excluding carboxylic acids is 2. The largest absolute Gasteiger partial charge is 0.336 e. The van der Waals surface area contributed by atoms with Crippen LogP contribution in [0.1, 0.15) is 10.4 Å². The predicted molar refractivity (Wildman–Crippen MR) is 67.5 cm³/mol. The summed E-state index contributed by atoms with van der Waals surface area (Å²) in [6.45, 7) is 2.30. The fraction of sp³-hybridized carbons (Fsp3) is 0.333. The van der Waals surface area contributed by atoms with Gasteiger partial charge in [0, 0.05) is 35.8 Å². The molecule has 1 fully saturated rings. The molecule has 0 unspecified atom stereocenters. The summed E-state index contributed by atoms with van der Waals surface area (Å²) >= 11 is 1.69. The van der Waals surface area contributed by atoms with E-state index in [1.54, 1.807) is 23.9 Å². The Balaban J connectivity index is 1.77. The first-order valence-corrected chi connectivity index (χ1v) is 6.49. The lowest BCUT2D eigenvalue weighted by Gasteiger charge is -2.13. The van der Waals surface area contributed by atoms with Crippen molar-refractivity contribution >= 4 is 24.1 Å². The summed E-state index contributed by atoms with van der Waals surface area (Å²) in [5, 5.41) is 2.77. The van der Waals surface area contributed by atoms with Crippen LogP contribution in [-0.2, 0) is 0 Å². The summed E-state index contributed by atoms with van der Waals surface area (Å²) < 4.78 is 0. The molecule has 0 aliphatic carbocycles. The van der Waals surface area contributed by atoms with Crippen molar-refractivity contribution in [3.8, 4) is 0 Å². The van der Waals surface area contributed by atoms with Crippen LogP contribution >= 0.6 is 11.8 Å². The van der Waals surface area contributed by atoms with Crippen molar-refractivity contribution in [1.29, 1.82) is 0 Å². The Kier molecular flexibility index (Phi) is 4.03. The lowest BCUT2D eigenvalue weighted by Crippen LogP contribution is -2.30. The molecule has 2 amide bonds. The van der Waals surface area contributed by atoms with E-state index in [1.807, 2.05) is 17.0 Å². The third-order valence-electron chi connectivity index (χ3n) is 2.59.